The molecule has 1 fully saturated rings. The number of nitrogens with one attached hydrogen (secondary N) is 9. The van der Waals surface area contributed by atoms with Crippen molar-refractivity contribution in [3.63, 3.8) is 0 Å². The van der Waals surface area contributed by atoms with E-state index in [1.54, 1.807) is 135 Å². The predicted molar refractivity (Wildman–Crippen MR) is 455 cm³/mol. The van der Waals surface area contributed by atoms with E-state index in [1.807, 2.05) is 6.92 Å². The van der Waals surface area contributed by atoms with Crippen LogP contribution in [0.2, 0.25) is 0 Å². The van der Waals surface area contributed by atoms with Crippen LogP contribution in [0.1, 0.15) is 86.3 Å². The van der Waals surface area contributed by atoms with E-state index >= 15 is 38.4 Å². The Bertz CT molecular complexity index is 4810. The number of primary amides is 1. The van der Waals surface area contributed by atoms with Gasteiger partial charge in [0.15, 0.2) is 0 Å². The van der Waals surface area contributed by atoms with Crippen LogP contribution < -0.4 is 48.3 Å². The second-order valence-electron chi connectivity index (χ2n) is 30.8. The first kappa shape index (κ1) is 94.3. The van der Waals surface area contributed by atoms with Crippen LogP contribution in [0.5, 0.6) is 11.5 Å². The summed E-state index contributed by atoms with van der Waals surface area (Å²) >= 11 is 0.839. The third-order valence-corrected chi connectivity index (χ3v) is 21.8. The molecule has 6 aromatic carbocycles. The highest BCUT2D eigenvalue weighted by molar-refractivity contribution is 8.00. The minimum absolute atomic E-state index is 0.0374. The number of rotatable bonds is 22. The van der Waals surface area contributed by atoms with Gasteiger partial charge >= 0.3 is 5.97 Å². The van der Waals surface area contributed by atoms with Gasteiger partial charge in [0.05, 0.1) is 31.8 Å². The minimum Gasteiger partial charge on any atom is -0.508 e. The first-order valence-electron chi connectivity index (χ1n) is 40.1. The molecular formula is C88H109N15O18S. The maximum atomic E-state index is 15.5. The van der Waals surface area contributed by atoms with Gasteiger partial charge in [-0.25, -0.2) is 0 Å². The monoisotopic (exact) mass is 1700 g/mol. The summed E-state index contributed by atoms with van der Waals surface area (Å²) in [6.07, 6.45) is 0.0926. The van der Waals surface area contributed by atoms with E-state index in [4.69, 9.17) is 5.73 Å². The Morgan fingerprint density at radius 2 is 0.902 bits per heavy atom. The number of aromatic amines is 1. The van der Waals surface area contributed by atoms with E-state index < -0.39 is 181 Å². The molecule has 122 heavy (non-hydrogen) atoms. The molecule has 14 N–H and O–H groups in total. The molecular weight excluding hydrogens is 1590 g/mol. The summed E-state index contributed by atoms with van der Waals surface area (Å²) in [5.41, 5.74) is 9.08. The number of unbranched alkanes of at least 4 members (excludes halogenated alkanes) is 1. The number of phenolic OH excluding ortho intramolecular Hbond substituents is 2. The van der Waals surface area contributed by atoms with Crippen LogP contribution in [0.15, 0.2) is 170 Å². The second-order valence-corrected chi connectivity index (χ2v) is 31.9. The van der Waals surface area contributed by atoms with Crippen molar-refractivity contribution >= 4 is 111 Å². The van der Waals surface area contributed by atoms with Gasteiger partial charge in [-0.3, -0.25) is 71.9 Å². The van der Waals surface area contributed by atoms with E-state index in [2.05, 4.69) is 47.5 Å². The Morgan fingerprint density at radius 3 is 1.44 bits per heavy atom. The Morgan fingerprint density at radius 1 is 0.467 bits per heavy atom. The first-order valence-corrected chi connectivity index (χ1v) is 41.3. The van der Waals surface area contributed by atoms with Crippen LogP contribution in [0, 0.1) is 5.92 Å². The smallest absolute Gasteiger partial charge is 0.305 e. The lowest BCUT2D eigenvalue weighted by molar-refractivity contribution is -0.151. The van der Waals surface area contributed by atoms with E-state index in [1.165, 1.54) is 93.6 Å². The second kappa shape index (κ2) is 45.9. The van der Waals surface area contributed by atoms with Gasteiger partial charge in [0, 0.05) is 96.6 Å². The number of H-pyrrole nitrogens is 1. The summed E-state index contributed by atoms with van der Waals surface area (Å²) in [7, 11) is 6.47. The van der Waals surface area contributed by atoms with Crippen molar-refractivity contribution in [3.05, 3.63) is 203 Å². The lowest BCUT2D eigenvalue weighted by Crippen LogP contribution is -2.60. The minimum atomic E-state index is -1.91. The lowest BCUT2D eigenvalue weighted by atomic mass is 9.99. The van der Waals surface area contributed by atoms with Crippen LogP contribution in [0.3, 0.4) is 0 Å². The molecule has 14 amide bonds. The molecule has 34 heteroatoms. The number of carbonyl (C=O) groups is 15. The quantitative estimate of drug-likeness (QED) is 0.0462. The van der Waals surface area contributed by atoms with E-state index in [-0.39, 0.29) is 74.5 Å². The van der Waals surface area contributed by atoms with E-state index in [0.717, 1.165) is 26.5 Å². The number of benzene rings is 6. The van der Waals surface area contributed by atoms with E-state index in [0.29, 0.717) is 57.1 Å². The maximum absolute atomic E-state index is 15.5. The molecule has 0 spiro atoms. The number of para-hydroxylation sites is 1. The van der Waals surface area contributed by atoms with Crippen molar-refractivity contribution in [2.75, 3.05) is 66.4 Å². The SMILES string of the molecule is CCCC[C@H]1C(=O)N(C)CC(=O)N[C@@H](CC(=O)O)C(=O)N(C)[C@@H](Cc2ccccc2)C(=O)N[C@@H](Cc2ccc(O)cc2)C(=O)N(C)CC(=O)N[C@@H](Cc2c[nH]c3ccccc23)C(=O)N[C@@H](Cc2ccc(O)cc2)C(=O)N[C@@H](CC(C)C)C(=O)N[C@H](C(=O)NCC(N)=O)CSCC(=O)N[C@@H](Cc2ccccc2)C(=O)N(C)[C@@H](Cc2ccccc2)C(=O)N1C. The number of nitrogens with zero attached hydrogens (tertiary/aromatic N) is 5. The number of fused-ring (bicyclic) bond motifs is 1. The Hall–Kier alpha value is -13.1. The number of aliphatic carboxylic acids is 1. The van der Waals surface area contributed by atoms with Gasteiger partial charge in [0.2, 0.25) is 82.7 Å². The molecule has 0 saturated carbocycles. The molecule has 8 rings (SSSR count). The first-order chi connectivity index (χ1) is 58.2. The number of aromatic nitrogens is 1. The van der Waals surface area contributed by atoms with Crippen molar-refractivity contribution in [2.24, 2.45) is 11.7 Å². The highest BCUT2D eigenvalue weighted by atomic mass is 32.2. The zero-order chi connectivity index (χ0) is 88.9. The molecule has 650 valence electrons. The topological polar surface area (TPSA) is 471 Å². The molecule has 1 aliphatic heterocycles. The summed E-state index contributed by atoms with van der Waals surface area (Å²) in [4.78, 5) is 228. The number of thioether (sulfide) groups is 1. The largest absolute Gasteiger partial charge is 0.508 e. The van der Waals surface area contributed by atoms with Crippen molar-refractivity contribution in [3.8, 4) is 11.5 Å². The number of amides is 14. The summed E-state index contributed by atoms with van der Waals surface area (Å²) < 4.78 is 0. The molecule has 0 unspecified atom stereocenters. The molecule has 0 bridgehead atoms. The average Bonchev–Trinajstić information content (AvgIpc) is 1.75. The number of aromatic hydroxyl groups is 2. The molecule has 1 saturated heterocycles. The molecule has 7 aromatic rings. The van der Waals surface area contributed by atoms with Crippen LogP contribution in [-0.2, 0) is 110 Å². The molecule has 1 aliphatic rings. The fraction of sp³-hybridized carbons (Fsp3) is 0.398. The van der Waals surface area contributed by atoms with Crippen LogP contribution >= 0.6 is 11.8 Å². The van der Waals surface area contributed by atoms with Crippen LogP contribution in [0.4, 0.5) is 0 Å². The number of phenols is 2. The van der Waals surface area contributed by atoms with Crippen molar-refractivity contribution in [1.82, 2.24) is 72.0 Å². The fourth-order valence-electron chi connectivity index (χ4n) is 14.2. The van der Waals surface area contributed by atoms with Crippen molar-refractivity contribution in [2.45, 2.75) is 152 Å². The fourth-order valence-corrected chi connectivity index (χ4v) is 15.1. The number of carboxylic acid groups (broad SMARTS) is 1. The molecule has 0 aliphatic carbocycles. The number of hydrogen-bond acceptors (Lipinski definition) is 18. The Labute approximate surface area is 711 Å². The Balaban J connectivity index is 1.22. The average molecular weight is 1700 g/mol. The predicted octanol–water partition coefficient (Wildman–Crippen LogP) is 2.19. The maximum Gasteiger partial charge on any atom is 0.305 e. The number of carbonyl (C=O) groups excluding carboxylic acids is 14. The summed E-state index contributed by atoms with van der Waals surface area (Å²) in [6.45, 7) is 3.07. The summed E-state index contributed by atoms with van der Waals surface area (Å²) in [6, 6.07) is 28.7. The lowest BCUT2D eigenvalue weighted by Gasteiger charge is -2.37. The van der Waals surface area contributed by atoms with Gasteiger partial charge in [0.25, 0.3) is 0 Å². The van der Waals surface area contributed by atoms with Gasteiger partial charge in [0.1, 0.15) is 71.9 Å². The molecule has 1 aromatic heterocycles. The molecule has 10 atom stereocenters. The van der Waals surface area contributed by atoms with Crippen molar-refractivity contribution < 1.29 is 87.2 Å². The third-order valence-electron chi connectivity index (χ3n) is 20.8. The van der Waals surface area contributed by atoms with E-state index in [9.17, 15) is 48.9 Å². The molecule has 0 radical (unpaired) electrons. The molecule has 2 heterocycles. The summed E-state index contributed by atoms with van der Waals surface area (Å²) in [5.74, 6) is -15.6. The number of hydrogen-bond donors (Lipinski definition) is 13. The van der Waals surface area contributed by atoms with Gasteiger partial charge in [-0.05, 0) is 82.5 Å². The standard InChI is InChI=1S/C88H109N15O18S/c1-9-10-30-71-87(120)100(5)50-76(108)93-69(46-78(110)111)86(119)102(7)72(43-55-24-16-12-17-25-55)83(116)97-67(42-58-33-37-61(105)38-34-58)84(117)99(4)49-75(107)92-66(45-59-47-90-63-29-21-20-28-62(59)63)82(115)96-65(40-57-31-35-60(104)36-32-57)81(114)95-64(39-53(2)3)80(113)98-70(79(112)91-48-74(89)106)51-122-52-77(109)94-68(41-54-22-14-11-15-23-54)85(118)103(8)73(88(121)101(71)6)44-56-26-18-13-19-27-56/h11-29,31-38,47,53,64-73,90,104-105H,9-10,30,39-46,48-52H2,1-8H3,(H2,89,106)(H,91,112)(H,92,107)(H,93,108)(H,94,109)(H,95,114)(H,96,115)(H,97,116)(H,98,113)(H,110,111)/t64-,65-,66-,67-,68-,69-,70-,71-,72-,73-/m0/s1. The van der Waals surface area contributed by atoms with Crippen molar-refractivity contribution in [1.29, 1.82) is 0 Å². The third kappa shape index (κ3) is 28.3. The highest BCUT2D eigenvalue weighted by Crippen LogP contribution is 2.24. The number of nitrogens with two attached hydrogens (primary N) is 1. The number of likely N-dealkylation sites (N-methyl/N-ethyl adjacent to an activating group) is 5. The Kier molecular flexibility index (Phi) is 35.5. The molecule has 33 nitrogen and oxygen atoms in total. The van der Waals surface area contributed by atoms with Crippen LogP contribution in [-0.4, -0.2) is 260 Å². The van der Waals surface area contributed by atoms with Gasteiger partial charge < -0.3 is 93.1 Å². The number of carboxylic acids is 1. The van der Waals surface area contributed by atoms with Gasteiger partial charge in [-0.15, -0.1) is 11.8 Å². The van der Waals surface area contributed by atoms with Gasteiger partial charge in [-0.1, -0.05) is 167 Å². The summed E-state index contributed by atoms with van der Waals surface area (Å²) in [5, 5.41) is 53.0. The highest BCUT2D eigenvalue weighted by Gasteiger charge is 2.42. The zero-order valence-electron chi connectivity index (χ0n) is 69.5. The zero-order valence-corrected chi connectivity index (χ0v) is 70.3. The normalized spacial score (nSPS) is 21.6. The van der Waals surface area contributed by atoms with Crippen LogP contribution in [0.25, 0.3) is 10.9 Å². The van der Waals surface area contributed by atoms with Gasteiger partial charge in [-0.2, -0.15) is 0 Å².